The quantitative estimate of drug-likeness (QED) is 0.276. The van der Waals surface area contributed by atoms with Gasteiger partial charge in [0, 0.05) is 33.2 Å². The molecule has 4 aliphatic rings. The fraction of sp³-hybridized carbons (Fsp3) is 0.0938. The van der Waals surface area contributed by atoms with Crippen LogP contribution in [0.25, 0.3) is 16.1 Å². The van der Waals surface area contributed by atoms with Crippen molar-refractivity contribution in [3.8, 4) is 0 Å². The summed E-state index contributed by atoms with van der Waals surface area (Å²) in [6.07, 6.45) is -0.991. The van der Waals surface area contributed by atoms with E-state index in [1.165, 1.54) is 0 Å². The number of aliphatic imine (C=N–C) groups is 3. The summed E-state index contributed by atoms with van der Waals surface area (Å²) in [4.78, 5) is 29.9. The second-order valence-corrected chi connectivity index (χ2v) is 10.1. The zero-order valence-electron chi connectivity index (χ0n) is 22.0. The number of nitrogens with zero attached hydrogens (tertiary/aromatic N) is 7. The monoisotopic (exact) mass is 580 g/mol. The first-order valence-corrected chi connectivity index (χ1v) is 14.1. The third-order valence-electron chi connectivity index (χ3n) is 7.83. The van der Waals surface area contributed by atoms with Crippen molar-refractivity contribution in [2.45, 2.75) is 18.5 Å². The molecule has 0 amide bonds. The standard InChI is InChI=1S/C32H20N8.O.Ti/c1-2-10-18-17(9-1)25-33-26(18)38-28-21-13-5-6-14-22(21)30(35-28)40-32-24-16-8-7-15-23(24)31(36-32)39-29-20-12-4-3-11-19(20)27(34-29)37-25;;/h1-16,25-27,37H;;/q-2;;+2. The zero-order valence-corrected chi connectivity index (χ0v) is 23.6. The van der Waals surface area contributed by atoms with Crippen LogP contribution in [-0.4, -0.2) is 17.5 Å². The van der Waals surface area contributed by atoms with E-state index in [1.54, 1.807) is 0 Å². The Bertz CT molecular complexity index is 2130. The molecule has 10 heteroatoms. The van der Waals surface area contributed by atoms with Gasteiger partial charge in [0.2, 0.25) is 0 Å². The van der Waals surface area contributed by atoms with Gasteiger partial charge in [-0.1, -0.05) is 103 Å². The van der Waals surface area contributed by atoms with Crippen LogP contribution in [0.2, 0.25) is 0 Å². The molecule has 5 aromatic rings. The first kappa shape index (κ1) is 25.2. The molecule has 0 saturated carbocycles. The van der Waals surface area contributed by atoms with Crippen molar-refractivity contribution in [1.29, 1.82) is 0 Å². The number of benzene rings is 4. The van der Waals surface area contributed by atoms with Crippen LogP contribution in [0.5, 0.6) is 0 Å². The van der Waals surface area contributed by atoms with Crippen LogP contribution in [-0.2, 0) is 23.7 Å². The number of fused-ring (bicyclic) bond motifs is 18. The molecule has 9 rings (SSSR count). The third-order valence-corrected chi connectivity index (χ3v) is 7.83. The molecule has 4 aromatic carbocycles. The Morgan fingerprint density at radius 1 is 0.571 bits per heavy atom. The van der Waals surface area contributed by atoms with Crippen molar-refractivity contribution >= 4 is 28.3 Å². The van der Waals surface area contributed by atoms with E-state index in [1.807, 2.05) is 72.8 Å². The number of hydrogen-bond acceptors (Lipinski definition) is 7. The van der Waals surface area contributed by atoms with Crippen molar-refractivity contribution in [1.82, 2.24) is 10.3 Å². The third kappa shape index (κ3) is 3.94. The number of aromatic nitrogens is 1. The normalized spacial score (nSPS) is 22.2. The van der Waals surface area contributed by atoms with Gasteiger partial charge in [-0.05, 0) is 28.1 Å². The molecular formula is C32H20N8OTi. The maximum absolute atomic E-state index is 8.25. The summed E-state index contributed by atoms with van der Waals surface area (Å²) >= 11 is 0.750. The second-order valence-electron chi connectivity index (χ2n) is 10.1. The van der Waals surface area contributed by atoms with Crippen LogP contribution < -0.4 is 21.3 Å². The Morgan fingerprint density at radius 3 is 1.86 bits per heavy atom. The van der Waals surface area contributed by atoms with E-state index in [9.17, 15) is 0 Å². The molecule has 0 fully saturated rings. The van der Waals surface area contributed by atoms with Crippen molar-refractivity contribution in [2.24, 2.45) is 25.0 Å². The average Bonchev–Trinajstić information content (AvgIpc) is 3.78. The summed E-state index contributed by atoms with van der Waals surface area (Å²) in [7, 11) is 0. The second kappa shape index (κ2) is 10.1. The molecule has 3 atom stereocenters. The summed E-state index contributed by atoms with van der Waals surface area (Å²) in [5.74, 6) is 1.85. The molecule has 0 radical (unpaired) electrons. The van der Waals surface area contributed by atoms with E-state index in [0.29, 0.717) is 28.5 Å². The fourth-order valence-corrected chi connectivity index (χ4v) is 5.96. The molecule has 5 heterocycles. The van der Waals surface area contributed by atoms with Crippen molar-refractivity contribution in [2.75, 3.05) is 0 Å². The number of hydrogen-bond donors (Lipinski definition) is 1. The van der Waals surface area contributed by atoms with Gasteiger partial charge in [-0.25, -0.2) is 4.99 Å². The van der Waals surface area contributed by atoms with Crippen molar-refractivity contribution in [3.63, 3.8) is 0 Å². The Morgan fingerprint density at radius 2 is 1.12 bits per heavy atom. The van der Waals surface area contributed by atoms with Gasteiger partial charge in [0.15, 0.2) is 5.84 Å². The molecular weight excluding hydrogens is 560 g/mol. The molecule has 1 aromatic heterocycles. The Balaban J connectivity index is 0.00000131. The van der Waals surface area contributed by atoms with Gasteiger partial charge >= 0.3 is 23.7 Å². The van der Waals surface area contributed by atoms with E-state index in [0.717, 1.165) is 64.6 Å². The first-order valence-electron chi connectivity index (χ1n) is 13.5. The summed E-state index contributed by atoms with van der Waals surface area (Å²) in [5.41, 5.74) is 7.22. The topological polar surface area (TPSA) is 119 Å². The minimum atomic E-state index is -0.401. The molecule has 8 bridgehead atoms. The maximum atomic E-state index is 8.25. The molecule has 0 spiro atoms. The summed E-state index contributed by atoms with van der Waals surface area (Å²) in [5, 5.41) is 10.6. The van der Waals surface area contributed by atoms with Gasteiger partial charge in [0.25, 0.3) is 0 Å². The smallest absolute Gasteiger partial charge is 0.155 e. The predicted molar refractivity (Wildman–Crippen MR) is 154 cm³/mol. The largest absolute Gasteiger partial charge is 0.617 e. The molecule has 4 aliphatic heterocycles. The molecule has 3 unspecified atom stereocenters. The predicted octanol–water partition coefficient (Wildman–Crippen LogP) is 4.27. The average molecular weight is 580 g/mol. The van der Waals surface area contributed by atoms with Crippen molar-refractivity contribution in [3.05, 3.63) is 147 Å². The number of amidine groups is 3. The molecule has 1 N–H and O–H groups in total. The van der Waals surface area contributed by atoms with Crippen LogP contribution in [0.4, 0.5) is 0 Å². The van der Waals surface area contributed by atoms with E-state index < -0.39 is 6.17 Å². The van der Waals surface area contributed by atoms with Gasteiger partial charge in [-0.3, -0.25) is 9.98 Å². The first-order chi connectivity index (χ1) is 20.8. The van der Waals surface area contributed by atoms with Gasteiger partial charge in [-0.2, -0.15) is 0 Å². The van der Waals surface area contributed by atoms with Gasteiger partial charge < -0.3 is 25.6 Å². The molecule has 9 nitrogen and oxygen atoms in total. The Labute approximate surface area is 251 Å². The molecule has 42 heavy (non-hydrogen) atoms. The fourth-order valence-electron chi connectivity index (χ4n) is 5.96. The van der Waals surface area contributed by atoms with E-state index in [4.69, 9.17) is 38.6 Å². The summed E-state index contributed by atoms with van der Waals surface area (Å²) in [6, 6.07) is 32.5. The van der Waals surface area contributed by atoms with E-state index in [-0.39, 0.29) is 12.3 Å². The van der Waals surface area contributed by atoms with Crippen LogP contribution in [0.1, 0.15) is 51.9 Å². The van der Waals surface area contributed by atoms with Gasteiger partial charge in [0.1, 0.15) is 6.17 Å². The molecule has 198 valence electrons. The van der Waals surface area contributed by atoms with E-state index in [2.05, 4.69) is 29.6 Å². The summed E-state index contributed by atoms with van der Waals surface area (Å²) in [6.45, 7) is 0. The Hall–Kier alpha value is -4.54. The van der Waals surface area contributed by atoms with E-state index >= 15 is 0 Å². The van der Waals surface area contributed by atoms with Crippen molar-refractivity contribution < 1.29 is 23.7 Å². The zero-order chi connectivity index (χ0) is 28.2. The SMILES string of the molecule is [O]=[Ti+2].c1ccc2c(c1)C1=N/C2=N\C2[N-]C(NC3N=C(N=c4[n-]c(c5ccccc45)=N1)c1ccccc13)c1ccccc12. The number of nitrogens with one attached hydrogen (secondary N) is 1. The minimum absolute atomic E-state index is 0.283. The van der Waals surface area contributed by atoms with Gasteiger partial charge in [-0.15, -0.1) is 0 Å². The maximum Gasteiger partial charge on any atom is 0.155 e. The van der Waals surface area contributed by atoms with Crippen LogP contribution in [0.3, 0.4) is 0 Å². The van der Waals surface area contributed by atoms with Gasteiger partial charge in [0.05, 0.1) is 11.7 Å². The summed E-state index contributed by atoms with van der Waals surface area (Å²) < 4.78 is 8.25. The minimum Gasteiger partial charge on any atom is -0.617 e. The van der Waals surface area contributed by atoms with Crippen LogP contribution in [0, 0.1) is 0 Å². The molecule has 0 saturated heterocycles. The molecule has 0 aliphatic carbocycles. The Kier molecular flexibility index (Phi) is 6.04. The van der Waals surface area contributed by atoms with Crippen LogP contribution in [0.15, 0.2) is 122 Å². The van der Waals surface area contributed by atoms with Crippen LogP contribution >= 0.6 is 0 Å². The number of rotatable bonds is 0.